The second-order valence-corrected chi connectivity index (χ2v) is 7.32. The number of rotatable bonds is 6. The van der Waals surface area contributed by atoms with E-state index in [4.69, 9.17) is 9.47 Å². The molecular formula is C25H27NO2. The van der Waals surface area contributed by atoms with E-state index in [0.29, 0.717) is 12.1 Å². The Kier molecular flexibility index (Phi) is 5.52. The summed E-state index contributed by atoms with van der Waals surface area (Å²) < 4.78 is 10.7. The number of nitrogens with zero attached hydrogens (tertiary/aromatic N) is 1. The molecule has 1 fully saturated rings. The summed E-state index contributed by atoms with van der Waals surface area (Å²) in [4.78, 5) is 2.60. The highest BCUT2D eigenvalue weighted by atomic mass is 16.5. The van der Waals surface area contributed by atoms with E-state index in [0.717, 1.165) is 24.3 Å². The molecule has 3 aromatic rings. The van der Waals surface area contributed by atoms with Gasteiger partial charge in [0.2, 0.25) is 0 Å². The first-order valence-corrected chi connectivity index (χ1v) is 9.89. The van der Waals surface area contributed by atoms with Crippen LogP contribution in [0.5, 0.6) is 11.5 Å². The molecule has 1 saturated heterocycles. The van der Waals surface area contributed by atoms with Crippen LogP contribution in [0.1, 0.15) is 30.0 Å². The Bertz CT molecular complexity index is 875. The molecule has 2 unspecified atom stereocenters. The smallest absolute Gasteiger partial charge is 0.119 e. The maximum atomic E-state index is 5.36. The molecule has 2 atom stereocenters. The fourth-order valence-electron chi connectivity index (χ4n) is 4.26. The van der Waals surface area contributed by atoms with Crippen LogP contribution in [-0.2, 0) is 6.42 Å². The monoisotopic (exact) mass is 373 g/mol. The zero-order valence-electron chi connectivity index (χ0n) is 16.5. The van der Waals surface area contributed by atoms with E-state index < -0.39 is 0 Å². The lowest BCUT2D eigenvalue weighted by atomic mass is 10.0. The van der Waals surface area contributed by atoms with Gasteiger partial charge < -0.3 is 14.4 Å². The summed E-state index contributed by atoms with van der Waals surface area (Å²) in [5.41, 5.74) is 3.99. The van der Waals surface area contributed by atoms with Crippen LogP contribution in [0.4, 0.5) is 5.69 Å². The Balaban J connectivity index is 1.63. The van der Waals surface area contributed by atoms with Gasteiger partial charge in [0.1, 0.15) is 11.5 Å². The van der Waals surface area contributed by atoms with Crippen LogP contribution in [0.15, 0.2) is 78.9 Å². The molecule has 144 valence electrons. The Labute approximate surface area is 167 Å². The lowest BCUT2D eigenvalue weighted by Gasteiger charge is -2.33. The normalized spacial score (nSPS) is 18.9. The first-order valence-electron chi connectivity index (χ1n) is 9.89. The van der Waals surface area contributed by atoms with E-state index in [1.807, 2.05) is 0 Å². The molecule has 0 spiro atoms. The summed E-state index contributed by atoms with van der Waals surface area (Å²) in [5, 5.41) is 0. The van der Waals surface area contributed by atoms with Gasteiger partial charge in [0, 0.05) is 11.7 Å². The predicted molar refractivity (Wildman–Crippen MR) is 114 cm³/mol. The molecule has 0 amide bonds. The second-order valence-electron chi connectivity index (χ2n) is 7.32. The minimum atomic E-state index is 0.401. The molecule has 3 aromatic carbocycles. The first-order chi connectivity index (χ1) is 13.8. The van der Waals surface area contributed by atoms with Crippen LogP contribution >= 0.6 is 0 Å². The van der Waals surface area contributed by atoms with E-state index in [2.05, 4.69) is 83.8 Å². The van der Waals surface area contributed by atoms with Gasteiger partial charge in [0.15, 0.2) is 0 Å². The molecule has 0 bridgehead atoms. The van der Waals surface area contributed by atoms with Crippen LogP contribution in [0, 0.1) is 0 Å². The lowest BCUT2D eigenvalue weighted by molar-refractivity contribution is 0.414. The number of ether oxygens (including phenoxy) is 2. The Morgan fingerprint density at radius 1 is 0.750 bits per heavy atom. The molecule has 0 N–H and O–H groups in total. The van der Waals surface area contributed by atoms with Crippen LogP contribution < -0.4 is 14.4 Å². The van der Waals surface area contributed by atoms with Crippen LogP contribution in [-0.4, -0.2) is 20.3 Å². The Hall–Kier alpha value is -2.94. The Morgan fingerprint density at radius 3 is 1.96 bits per heavy atom. The molecule has 0 saturated carbocycles. The summed E-state index contributed by atoms with van der Waals surface area (Å²) in [5.74, 6) is 1.80. The van der Waals surface area contributed by atoms with Crippen molar-refractivity contribution in [3.8, 4) is 11.5 Å². The third-order valence-electron chi connectivity index (χ3n) is 5.69. The molecule has 1 aliphatic rings. The molecule has 1 heterocycles. The number of anilines is 1. The zero-order valence-corrected chi connectivity index (χ0v) is 16.5. The molecular weight excluding hydrogens is 346 g/mol. The van der Waals surface area contributed by atoms with Crippen molar-refractivity contribution in [1.29, 1.82) is 0 Å². The molecule has 4 rings (SSSR count). The van der Waals surface area contributed by atoms with Crippen molar-refractivity contribution in [1.82, 2.24) is 0 Å². The highest BCUT2D eigenvalue weighted by Gasteiger charge is 2.34. The standard InChI is InChI=1S/C25H27NO2/c1-27-23-13-8-19(9-14-23)18-22-12-17-25(20-6-4-3-5-7-20)26(22)21-10-15-24(28-2)16-11-21/h3-11,13-16,22,25H,12,17-18H2,1-2H3. The van der Waals surface area contributed by atoms with Crippen LogP contribution in [0.25, 0.3) is 0 Å². The van der Waals surface area contributed by atoms with Crippen molar-refractivity contribution < 1.29 is 9.47 Å². The maximum absolute atomic E-state index is 5.36. The van der Waals surface area contributed by atoms with Gasteiger partial charge >= 0.3 is 0 Å². The topological polar surface area (TPSA) is 21.7 Å². The molecule has 3 nitrogen and oxygen atoms in total. The van der Waals surface area contributed by atoms with Gasteiger partial charge in [-0.05, 0) is 66.8 Å². The minimum absolute atomic E-state index is 0.401. The summed E-state index contributed by atoms with van der Waals surface area (Å²) in [6, 6.07) is 28.7. The molecule has 0 aliphatic carbocycles. The lowest BCUT2D eigenvalue weighted by Crippen LogP contribution is -2.33. The van der Waals surface area contributed by atoms with Crippen molar-refractivity contribution in [2.75, 3.05) is 19.1 Å². The van der Waals surface area contributed by atoms with E-state index >= 15 is 0 Å². The first kappa shape index (κ1) is 18.4. The van der Waals surface area contributed by atoms with E-state index in [-0.39, 0.29) is 0 Å². The summed E-state index contributed by atoms with van der Waals surface area (Å²) in [6.45, 7) is 0. The molecule has 28 heavy (non-hydrogen) atoms. The molecule has 1 aliphatic heterocycles. The van der Waals surface area contributed by atoms with Gasteiger partial charge in [-0.15, -0.1) is 0 Å². The van der Waals surface area contributed by atoms with Gasteiger partial charge in [-0.3, -0.25) is 0 Å². The SMILES string of the molecule is COc1ccc(CC2CCC(c3ccccc3)N2c2ccc(OC)cc2)cc1. The van der Waals surface area contributed by atoms with Crippen molar-refractivity contribution in [2.24, 2.45) is 0 Å². The van der Waals surface area contributed by atoms with Crippen molar-refractivity contribution in [3.63, 3.8) is 0 Å². The van der Waals surface area contributed by atoms with Crippen molar-refractivity contribution in [2.45, 2.75) is 31.3 Å². The van der Waals surface area contributed by atoms with Gasteiger partial charge in [0.25, 0.3) is 0 Å². The number of hydrogen-bond acceptors (Lipinski definition) is 3. The van der Waals surface area contributed by atoms with Crippen molar-refractivity contribution in [3.05, 3.63) is 90.0 Å². The number of benzene rings is 3. The largest absolute Gasteiger partial charge is 0.497 e. The van der Waals surface area contributed by atoms with Crippen LogP contribution in [0.3, 0.4) is 0 Å². The molecule has 0 radical (unpaired) electrons. The minimum Gasteiger partial charge on any atom is -0.497 e. The fraction of sp³-hybridized carbons (Fsp3) is 0.280. The predicted octanol–water partition coefficient (Wildman–Crippen LogP) is 5.66. The average molecular weight is 373 g/mol. The third kappa shape index (κ3) is 3.84. The van der Waals surface area contributed by atoms with E-state index in [9.17, 15) is 0 Å². The quantitative estimate of drug-likeness (QED) is 0.557. The van der Waals surface area contributed by atoms with Gasteiger partial charge in [0.05, 0.1) is 20.3 Å². The van der Waals surface area contributed by atoms with E-state index in [1.54, 1.807) is 14.2 Å². The highest BCUT2D eigenvalue weighted by Crippen LogP contribution is 2.41. The highest BCUT2D eigenvalue weighted by molar-refractivity contribution is 5.54. The molecule has 3 heteroatoms. The molecule has 0 aromatic heterocycles. The van der Waals surface area contributed by atoms with Gasteiger partial charge in [-0.25, -0.2) is 0 Å². The van der Waals surface area contributed by atoms with Gasteiger partial charge in [-0.1, -0.05) is 42.5 Å². The third-order valence-corrected chi connectivity index (χ3v) is 5.69. The zero-order chi connectivity index (χ0) is 19.3. The summed E-state index contributed by atoms with van der Waals surface area (Å²) >= 11 is 0. The van der Waals surface area contributed by atoms with Crippen LogP contribution in [0.2, 0.25) is 0 Å². The number of hydrogen-bond donors (Lipinski definition) is 0. The fourth-order valence-corrected chi connectivity index (χ4v) is 4.26. The van der Waals surface area contributed by atoms with E-state index in [1.165, 1.54) is 23.2 Å². The maximum Gasteiger partial charge on any atom is 0.119 e. The summed E-state index contributed by atoms with van der Waals surface area (Å²) in [6.07, 6.45) is 3.37. The van der Waals surface area contributed by atoms with Gasteiger partial charge in [-0.2, -0.15) is 0 Å². The summed E-state index contributed by atoms with van der Waals surface area (Å²) in [7, 11) is 3.42. The Morgan fingerprint density at radius 2 is 1.36 bits per heavy atom. The average Bonchev–Trinajstić information content (AvgIpc) is 3.18. The number of methoxy groups -OCH3 is 2. The second kappa shape index (κ2) is 8.39. The van der Waals surface area contributed by atoms with Crippen molar-refractivity contribution >= 4 is 5.69 Å².